The van der Waals surface area contributed by atoms with Crippen LogP contribution in [0.1, 0.15) is 29.4 Å². The zero-order chi connectivity index (χ0) is 22.8. The number of anilines is 1. The molecule has 2 aromatic heterocycles. The van der Waals surface area contributed by atoms with Gasteiger partial charge in [-0.2, -0.15) is 10.5 Å². The van der Waals surface area contributed by atoms with E-state index in [9.17, 15) is 4.79 Å². The van der Waals surface area contributed by atoms with E-state index in [0.717, 1.165) is 11.3 Å². The van der Waals surface area contributed by atoms with Crippen LogP contribution >= 0.6 is 34.8 Å². The van der Waals surface area contributed by atoms with Crippen molar-refractivity contribution in [3.63, 3.8) is 0 Å². The Morgan fingerprint density at radius 3 is 1.94 bits per heavy atom. The molecule has 0 unspecified atom stereocenters. The van der Waals surface area contributed by atoms with Gasteiger partial charge in [-0.15, -0.1) is 0 Å². The molecule has 0 aliphatic rings. The van der Waals surface area contributed by atoms with E-state index in [1.165, 1.54) is 25.4 Å². The first-order valence-electron chi connectivity index (χ1n) is 8.49. The van der Waals surface area contributed by atoms with Gasteiger partial charge >= 0.3 is 0 Å². The van der Waals surface area contributed by atoms with Crippen molar-refractivity contribution < 1.29 is 4.79 Å². The summed E-state index contributed by atoms with van der Waals surface area (Å²) in [6, 6.07) is 13.9. The van der Waals surface area contributed by atoms with E-state index in [-0.39, 0.29) is 27.3 Å². The minimum Gasteiger partial charge on any atom is -0.326 e. The Bertz CT molecular complexity index is 1250. The lowest BCUT2D eigenvalue weighted by Gasteiger charge is -2.00. The van der Waals surface area contributed by atoms with E-state index < -0.39 is 0 Å². The SMILES string of the molecule is CC(=O)Nc1ccc(C#Cc2cnc(C#N)c(Cl)c2)cc1.N#Cc1ncc(Cl)cc1Cl. The van der Waals surface area contributed by atoms with E-state index in [1.807, 2.05) is 12.1 Å². The van der Waals surface area contributed by atoms with Crippen molar-refractivity contribution in [3.8, 4) is 24.0 Å². The number of hydrogen-bond donors (Lipinski definition) is 1. The maximum atomic E-state index is 10.9. The number of carbonyl (C=O) groups is 1. The molecule has 0 atom stereocenters. The Kier molecular flexibility index (Phi) is 8.82. The molecule has 1 amide bonds. The van der Waals surface area contributed by atoms with E-state index in [0.29, 0.717) is 10.6 Å². The van der Waals surface area contributed by atoms with Crippen LogP contribution in [0.25, 0.3) is 0 Å². The van der Waals surface area contributed by atoms with Crippen molar-refractivity contribution >= 4 is 46.4 Å². The largest absolute Gasteiger partial charge is 0.326 e. The molecule has 0 fully saturated rings. The van der Waals surface area contributed by atoms with Gasteiger partial charge in [0.05, 0.1) is 15.1 Å². The van der Waals surface area contributed by atoms with E-state index in [1.54, 1.807) is 30.3 Å². The quantitative estimate of drug-likeness (QED) is 0.493. The molecule has 0 saturated heterocycles. The predicted octanol–water partition coefficient (Wildman–Crippen LogP) is 5.22. The Balaban J connectivity index is 0.000000285. The first-order valence-corrected chi connectivity index (χ1v) is 9.62. The molecule has 0 bridgehead atoms. The summed E-state index contributed by atoms with van der Waals surface area (Å²) in [5.74, 6) is 5.76. The lowest BCUT2D eigenvalue weighted by Crippen LogP contribution is -2.05. The van der Waals surface area contributed by atoms with Crippen LogP contribution < -0.4 is 5.32 Å². The summed E-state index contributed by atoms with van der Waals surface area (Å²) in [4.78, 5) is 18.5. The zero-order valence-corrected chi connectivity index (χ0v) is 18.2. The van der Waals surface area contributed by atoms with Gasteiger partial charge in [-0.05, 0) is 36.4 Å². The van der Waals surface area contributed by atoms with Gasteiger partial charge in [0.25, 0.3) is 0 Å². The number of hydrogen-bond acceptors (Lipinski definition) is 5. The monoisotopic (exact) mass is 467 g/mol. The number of nitrogens with one attached hydrogen (secondary N) is 1. The van der Waals surface area contributed by atoms with Crippen molar-refractivity contribution in [2.24, 2.45) is 0 Å². The fraction of sp³-hybridized carbons (Fsp3) is 0.0455. The van der Waals surface area contributed by atoms with Crippen molar-refractivity contribution in [2.45, 2.75) is 6.92 Å². The number of amides is 1. The molecule has 6 nitrogen and oxygen atoms in total. The molecule has 0 aliphatic carbocycles. The first-order chi connectivity index (χ1) is 14.8. The van der Waals surface area contributed by atoms with Gasteiger partial charge in [0, 0.05) is 36.1 Å². The molecule has 0 radical (unpaired) electrons. The van der Waals surface area contributed by atoms with Gasteiger partial charge < -0.3 is 5.32 Å². The number of rotatable bonds is 1. The molecular weight excluding hydrogens is 457 g/mol. The van der Waals surface area contributed by atoms with Crippen LogP contribution in [0.2, 0.25) is 15.1 Å². The second kappa shape index (κ2) is 11.6. The van der Waals surface area contributed by atoms with Gasteiger partial charge in [-0.3, -0.25) is 4.79 Å². The molecule has 1 aromatic carbocycles. The zero-order valence-electron chi connectivity index (χ0n) is 15.9. The van der Waals surface area contributed by atoms with E-state index in [4.69, 9.17) is 45.3 Å². The summed E-state index contributed by atoms with van der Waals surface area (Å²) in [5.41, 5.74) is 2.53. The van der Waals surface area contributed by atoms with Gasteiger partial charge in [-0.1, -0.05) is 46.6 Å². The molecule has 1 N–H and O–H groups in total. The van der Waals surface area contributed by atoms with Crippen LogP contribution in [-0.4, -0.2) is 15.9 Å². The number of nitrogens with zero attached hydrogens (tertiary/aromatic N) is 4. The third kappa shape index (κ3) is 7.63. The lowest BCUT2D eigenvalue weighted by atomic mass is 10.2. The van der Waals surface area contributed by atoms with Crippen LogP contribution in [0, 0.1) is 34.5 Å². The topological polar surface area (TPSA) is 102 Å². The second-order valence-corrected chi connectivity index (χ2v) is 7.02. The summed E-state index contributed by atoms with van der Waals surface area (Å²) >= 11 is 17.0. The van der Waals surface area contributed by atoms with Crippen LogP contribution in [-0.2, 0) is 4.79 Å². The number of aromatic nitrogens is 2. The highest BCUT2D eigenvalue weighted by Crippen LogP contribution is 2.17. The molecule has 152 valence electrons. The normalized spacial score (nSPS) is 9.10. The van der Waals surface area contributed by atoms with E-state index >= 15 is 0 Å². The minimum absolute atomic E-state index is 0.118. The van der Waals surface area contributed by atoms with Crippen LogP contribution in [0.3, 0.4) is 0 Å². The van der Waals surface area contributed by atoms with E-state index in [2.05, 4.69) is 27.1 Å². The number of halogens is 3. The van der Waals surface area contributed by atoms with Crippen LogP contribution in [0.5, 0.6) is 0 Å². The highest BCUT2D eigenvalue weighted by atomic mass is 35.5. The minimum atomic E-state index is -0.118. The molecule has 0 spiro atoms. The summed E-state index contributed by atoms with van der Waals surface area (Å²) in [7, 11) is 0. The fourth-order valence-electron chi connectivity index (χ4n) is 2.07. The molecule has 3 rings (SSSR count). The van der Waals surface area contributed by atoms with Crippen molar-refractivity contribution in [2.75, 3.05) is 5.32 Å². The Morgan fingerprint density at radius 2 is 1.42 bits per heavy atom. The molecular formula is C22H12Cl3N5O. The van der Waals surface area contributed by atoms with Crippen molar-refractivity contribution in [1.82, 2.24) is 9.97 Å². The molecule has 2 heterocycles. The highest BCUT2D eigenvalue weighted by molar-refractivity contribution is 6.35. The standard InChI is InChI=1S/C16H10ClN3O.C6H2Cl2N2/c1-11(21)20-14-6-4-12(5-7-14)2-3-13-8-15(17)16(9-18)19-10-13;7-4-1-5(8)6(2-9)10-3-4/h4-8,10H,1H3,(H,20,21);1,3H. The van der Waals surface area contributed by atoms with Crippen molar-refractivity contribution in [1.29, 1.82) is 10.5 Å². The molecule has 0 aliphatic heterocycles. The maximum absolute atomic E-state index is 10.9. The first kappa shape index (κ1) is 23.7. The fourth-order valence-corrected chi connectivity index (χ4v) is 2.70. The maximum Gasteiger partial charge on any atom is 0.221 e. The van der Waals surface area contributed by atoms with Crippen LogP contribution in [0.15, 0.2) is 48.8 Å². The Morgan fingerprint density at radius 1 is 0.871 bits per heavy atom. The molecule has 9 heteroatoms. The summed E-state index contributed by atoms with van der Waals surface area (Å²) in [6.07, 6.45) is 2.88. The van der Waals surface area contributed by atoms with Gasteiger partial charge in [0.15, 0.2) is 11.4 Å². The van der Waals surface area contributed by atoms with Gasteiger partial charge in [0.1, 0.15) is 12.1 Å². The van der Waals surface area contributed by atoms with Crippen molar-refractivity contribution in [3.05, 3.63) is 86.4 Å². The third-order valence-electron chi connectivity index (χ3n) is 3.42. The highest BCUT2D eigenvalue weighted by Gasteiger charge is 2.01. The van der Waals surface area contributed by atoms with Crippen LogP contribution in [0.4, 0.5) is 5.69 Å². The second-order valence-electron chi connectivity index (χ2n) is 5.77. The summed E-state index contributed by atoms with van der Waals surface area (Å²) in [6.45, 7) is 1.45. The number of benzene rings is 1. The Hall–Kier alpha value is -3.60. The smallest absolute Gasteiger partial charge is 0.221 e. The lowest BCUT2D eigenvalue weighted by molar-refractivity contribution is -0.114. The molecule has 3 aromatic rings. The average Bonchev–Trinajstić information content (AvgIpc) is 2.73. The number of pyridine rings is 2. The number of carbonyl (C=O) groups excluding carboxylic acids is 1. The molecule has 31 heavy (non-hydrogen) atoms. The third-order valence-corrected chi connectivity index (χ3v) is 4.20. The summed E-state index contributed by atoms with van der Waals surface area (Å²) in [5, 5.41) is 20.8. The Labute approximate surface area is 194 Å². The van der Waals surface area contributed by atoms with Gasteiger partial charge in [-0.25, -0.2) is 9.97 Å². The predicted molar refractivity (Wildman–Crippen MR) is 120 cm³/mol. The van der Waals surface area contributed by atoms with Gasteiger partial charge in [0.2, 0.25) is 5.91 Å². The molecule has 0 saturated carbocycles. The summed E-state index contributed by atoms with van der Waals surface area (Å²) < 4.78 is 0. The average molecular weight is 469 g/mol. The number of nitriles is 2.